The van der Waals surface area contributed by atoms with Gasteiger partial charge in [0.05, 0.1) is 19.4 Å². The second-order valence-corrected chi connectivity index (χ2v) is 32.0. The maximum Gasteiger partial charge on any atom is 0.0776 e. The molecule has 0 aliphatic carbocycles. The van der Waals surface area contributed by atoms with Gasteiger partial charge in [0.25, 0.3) is 0 Å². The quantitative estimate of drug-likeness (QED) is 0.0889. The van der Waals surface area contributed by atoms with Gasteiger partial charge in [-0.25, -0.2) is 10.0 Å². The van der Waals surface area contributed by atoms with Crippen LogP contribution in [0, 0.1) is 27.7 Å². The first-order valence-electron chi connectivity index (χ1n) is 25.9. The van der Waals surface area contributed by atoms with Crippen molar-refractivity contribution >= 4 is 89.7 Å². The molecule has 0 fully saturated rings. The molecule has 2 nitrogen and oxygen atoms in total. The molecule has 0 aromatic heterocycles. The minimum atomic E-state index is -1.60. The summed E-state index contributed by atoms with van der Waals surface area (Å²) in [4.78, 5) is 6.64. The molecule has 0 aliphatic heterocycles. The highest BCUT2D eigenvalue weighted by Crippen LogP contribution is 2.54. The molecule has 0 unspecified atom stereocenters. The summed E-state index contributed by atoms with van der Waals surface area (Å²) < 4.78 is 0. The van der Waals surface area contributed by atoms with E-state index in [1.807, 2.05) is 0 Å². The number of hydrogen-bond donors (Lipinski definition) is 0. The third kappa shape index (κ3) is 8.81. The van der Waals surface area contributed by atoms with Crippen molar-refractivity contribution in [2.45, 2.75) is 91.8 Å². The fourth-order valence-corrected chi connectivity index (χ4v) is 13.3. The summed E-state index contributed by atoms with van der Waals surface area (Å²) in [6, 6.07) is 65.2. The van der Waals surface area contributed by atoms with Crippen molar-refractivity contribution in [2.75, 3.05) is 28.6 Å². The summed E-state index contributed by atoms with van der Waals surface area (Å²) in [5.41, 5.74) is 19.9. The zero-order valence-corrected chi connectivity index (χ0v) is 46.9. The maximum absolute atomic E-state index is 2.61. The first-order valence-corrected chi connectivity index (χ1v) is 32.3. The normalized spacial score (nSPS) is 12.5. The van der Waals surface area contributed by atoms with Crippen LogP contribution in [0.4, 0.5) is 34.1 Å². The van der Waals surface area contributed by atoms with Gasteiger partial charge in [-0.1, -0.05) is 174 Å². The Kier molecular flexibility index (Phi) is 12.8. The van der Waals surface area contributed by atoms with Crippen LogP contribution in [0.2, 0.25) is 19.6 Å². The van der Waals surface area contributed by atoms with Crippen LogP contribution in [0.15, 0.2) is 175 Å². The van der Waals surface area contributed by atoms with Gasteiger partial charge in [-0.15, -0.1) is 0 Å². The highest BCUT2D eigenvalue weighted by Gasteiger charge is 2.29. The third-order valence-corrected chi connectivity index (χ3v) is 18.9. The second-order valence-electron chi connectivity index (χ2n) is 22.8. The van der Waals surface area contributed by atoms with Gasteiger partial charge in [0.1, 0.15) is 0 Å². The van der Waals surface area contributed by atoms with Gasteiger partial charge in [0.15, 0.2) is 0 Å². The lowest BCUT2D eigenvalue weighted by atomic mass is 9.83. The Hall–Kier alpha value is -6.59. The molecular weight excluding hydrogens is 905 g/mol. The second kappa shape index (κ2) is 18.8. The molecular formula is C68H72N2SSi. The van der Waals surface area contributed by atoms with Gasteiger partial charge in [0.2, 0.25) is 0 Å². The van der Waals surface area contributed by atoms with Crippen molar-refractivity contribution < 1.29 is 0 Å². The number of rotatable bonds is 12. The maximum atomic E-state index is 2.61. The fourth-order valence-electron chi connectivity index (χ4n) is 11.1. The van der Waals surface area contributed by atoms with E-state index >= 15 is 0 Å². The van der Waals surface area contributed by atoms with Crippen molar-refractivity contribution in [3.8, 4) is 22.3 Å². The summed E-state index contributed by atoms with van der Waals surface area (Å²) in [6.07, 6.45) is 7.19. The number of benzene rings is 10. The number of nitrogens with zero attached hydrogens (tertiary/aromatic N) is 2. The molecule has 10 aromatic carbocycles. The number of aryl methyl sites for hydroxylation is 4. The zero-order chi connectivity index (χ0) is 51.0. The molecule has 4 heteroatoms. The zero-order valence-electron chi connectivity index (χ0n) is 45.1. The Morgan fingerprint density at radius 1 is 0.361 bits per heavy atom. The molecule has 0 bridgehead atoms. The molecule has 0 heterocycles. The molecule has 0 atom stereocenters. The molecule has 364 valence electrons. The van der Waals surface area contributed by atoms with Crippen LogP contribution >= 0.6 is 10.0 Å². The summed E-state index contributed by atoms with van der Waals surface area (Å²) in [6.45, 7) is 26.0. The van der Waals surface area contributed by atoms with Crippen molar-refractivity contribution in [1.82, 2.24) is 0 Å². The van der Waals surface area contributed by atoms with E-state index in [4.69, 9.17) is 0 Å². The predicted molar refractivity (Wildman–Crippen MR) is 324 cm³/mol. The summed E-state index contributed by atoms with van der Waals surface area (Å²) in [5, 5.41) is 9.34. The molecule has 10 aromatic rings. The summed E-state index contributed by atoms with van der Waals surface area (Å²) in [7, 11) is -2.55. The fraction of sp³-hybridized carbons (Fsp3) is 0.235. The molecule has 0 amide bonds. The standard InChI is InChI=1S/C68H72N2SSi/c1-43(2)59-41-65(69(61-35-29-53(37-47(61)7)71(9,10)11)63-39-51(27-25-45(63)5)49-21-17-15-18-22-49)57-33-31-56-60(44(3)4)42-66(58-34-32-55(59)67(57)68(56)58)70(62-36-30-54(38-48(62)8)72(12,13)14)64-40-52(28-26-46(64)6)50-23-19-16-20-24-50/h15-44H,1-14H3. The minimum Gasteiger partial charge on any atom is -0.309 e. The lowest BCUT2D eigenvalue weighted by Gasteiger charge is -2.34. The number of anilines is 6. The van der Waals surface area contributed by atoms with Gasteiger partial charge in [-0.2, -0.15) is 0 Å². The van der Waals surface area contributed by atoms with E-state index in [1.54, 1.807) is 0 Å². The van der Waals surface area contributed by atoms with E-state index in [-0.39, 0.29) is 11.8 Å². The van der Waals surface area contributed by atoms with Crippen LogP contribution < -0.4 is 15.0 Å². The molecule has 0 N–H and O–H groups in total. The van der Waals surface area contributed by atoms with Crippen LogP contribution in [0.5, 0.6) is 0 Å². The highest BCUT2D eigenvalue weighted by molar-refractivity contribution is 8.32. The van der Waals surface area contributed by atoms with E-state index in [1.165, 1.54) is 132 Å². The van der Waals surface area contributed by atoms with Gasteiger partial charge in [0, 0.05) is 33.5 Å². The Labute approximate surface area is 433 Å². The van der Waals surface area contributed by atoms with Crippen LogP contribution in [0.3, 0.4) is 0 Å². The summed E-state index contributed by atoms with van der Waals surface area (Å²) in [5.74, 6) is 0.550. The molecule has 0 aliphatic rings. The average Bonchev–Trinajstić information content (AvgIpc) is 3.35. The van der Waals surface area contributed by atoms with Crippen LogP contribution in [0.25, 0.3) is 54.6 Å². The minimum absolute atomic E-state index is 0.274. The van der Waals surface area contributed by atoms with E-state index in [0.717, 1.165) is 0 Å². The summed E-state index contributed by atoms with van der Waals surface area (Å²) >= 11 is 0. The SMILES string of the molecule is Cc1cc([Si](C)(C)C)ccc1N(c1cc(-c2ccccc2)ccc1C)c1cc(C(C)C)c2ccc3c(N(c4ccc(S(C)(C)C)cc4C)c4cc(-c5ccccc5)ccc4C)cc(C(C)C)c4ccc1c2c43. The lowest BCUT2D eigenvalue weighted by Crippen LogP contribution is -2.37. The topological polar surface area (TPSA) is 6.48 Å². The van der Waals surface area contributed by atoms with E-state index in [0.29, 0.717) is 0 Å². The molecule has 10 rings (SSSR count). The van der Waals surface area contributed by atoms with Gasteiger partial charge < -0.3 is 9.80 Å². The van der Waals surface area contributed by atoms with Gasteiger partial charge in [-0.3, -0.25) is 0 Å². The molecule has 0 spiro atoms. The highest BCUT2D eigenvalue weighted by atomic mass is 32.3. The van der Waals surface area contributed by atoms with E-state index < -0.39 is 18.1 Å². The monoisotopic (exact) mass is 977 g/mol. The van der Waals surface area contributed by atoms with E-state index in [9.17, 15) is 0 Å². The largest absolute Gasteiger partial charge is 0.309 e. The smallest absolute Gasteiger partial charge is 0.0776 e. The molecule has 72 heavy (non-hydrogen) atoms. The van der Waals surface area contributed by atoms with Crippen LogP contribution in [-0.2, 0) is 0 Å². The lowest BCUT2D eigenvalue weighted by molar-refractivity contribution is 0.875. The Morgan fingerprint density at radius 3 is 1.17 bits per heavy atom. The van der Waals surface area contributed by atoms with Gasteiger partial charge in [-0.05, 0) is 189 Å². The van der Waals surface area contributed by atoms with Gasteiger partial charge >= 0.3 is 0 Å². The predicted octanol–water partition coefficient (Wildman–Crippen LogP) is 19.9. The third-order valence-electron chi connectivity index (χ3n) is 15.2. The first-order chi connectivity index (χ1) is 34.3. The van der Waals surface area contributed by atoms with Crippen molar-refractivity contribution in [3.05, 3.63) is 203 Å². The van der Waals surface area contributed by atoms with Crippen LogP contribution in [-0.4, -0.2) is 26.8 Å². The van der Waals surface area contributed by atoms with Crippen molar-refractivity contribution in [3.63, 3.8) is 0 Å². The number of hydrogen-bond acceptors (Lipinski definition) is 2. The first kappa shape index (κ1) is 49.0. The Morgan fingerprint density at radius 2 is 0.778 bits per heavy atom. The average molecular weight is 977 g/mol. The molecule has 0 saturated heterocycles. The molecule has 0 saturated carbocycles. The van der Waals surface area contributed by atoms with Crippen molar-refractivity contribution in [1.29, 1.82) is 0 Å². The Balaban J connectivity index is 1.33. The van der Waals surface area contributed by atoms with E-state index in [2.05, 4.69) is 273 Å². The van der Waals surface area contributed by atoms with Crippen LogP contribution in [0.1, 0.15) is 72.9 Å². The van der Waals surface area contributed by atoms with Crippen molar-refractivity contribution in [2.24, 2.45) is 0 Å². The molecule has 0 radical (unpaired) electrons. The Bertz CT molecular complexity index is 3410.